The summed E-state index contributed by atoms with van der Waals surface area (Å²) in [6.45, 7) is -1.51. The summed E-state index contributed by atoms with van der Waals surface area (Å²) >= 11 is 0. The third-order valence-corrected chi connectivity index (χ3v) is 6.71. The minimum atomic E-state index is -1.65. The van der Waals surface area contributed by atoms with E-state index in [1.807, 2.05) is 5.32 Å². The molecule has 0 aromatic rings. The van der Waals surface area contributed by atoms with Crippen molar-refractivity contribution < 1.29 is 38.7 Å². The molecule has 2 aliphatic rings. The van der Waals surface area contributed by atoms with Crippen molar-refractivity contribution in [3.05, 3.63) is 11.9 Å². The molecule has 0 saturated carbocycles. The molecule has 46 heavy (non-hydrogen) atoms. The number of hydrogen-bond donors (Lipinski definition) is 14. The molecular weight excluding hydrogens is 612 g/mol. The number of primary amides is 1. The highest BCUT2D eigenvalue weighted by molar-refractivity contribution is 6.02. The lowest BCUT2D eigenvalue weighted by Crippen LogP contribution is -2.64. The van der Waals surface area contributed by atoms with Crippen LogP contribution < -0.4 is 71.2 Å². The van der Waals surface area contributed by atoms with Crippen LogP contribution in [-0.4, -0.2) is 122 Å². The minimum Gasteiger partial charge on any atom is -0.394 e. The molecule has 0 aromatic carbocycles. The van der Waals surface area contributed by atoms with Gasteiger partial charge in [0.25, 0.3) is 5.91 Å². The molecule has 0 aliphatic carbocycles. The highest BCUT2D eigenvalue weighted by Crippen LogP contribution is 2.07. The predicted octanol–water partition coefficient (Wildman–Crippen LogP) is -8.62. The molecule has 6 atom stereocenters. The van der Waals surface area contributed by atoms with Gasteiger partial charge in [0.05, 0.1) is 18.7 Å². The van der Waals surface area contributed by atoms with E-state index >= 15 is 0 Å². The number of hydrogen-bond acceptors (Lipinski definition) is 14. The number of aliphatic imine (C=N–C) groups is 1. The zero-order valence-corrected chi connectivity index (χ0v) is 24.8. The van der Waals surface area contributed by atoms with Crippen molar-refractivity contribution in [3.63, 3.8) is 0 Å². The first-order valence-corrected chi connectivity index (χ1v) is 14.2. The van der Waals surface area contributed by atoms with Gasteiger partial charge in [0.15, 0.2) is 5.96 Å². The molecule has 0 unspecified atom stereocenters. The summed E-state index contributed by atoms with van der Waals surface area (Å²) in [5, 5.41) is 28.6. The number of guanidine groups is 1. The van der Waals surface area contributed by atoms with Crippen LogP contribution in [0.3, 0.4) is 0 Å². The van der Waals surface area contributed by atoms with Gasteiger partial charge in [0.2, 0.25) is 29.5 Å². The van der Waals surface area contributed by atoms with E-state index < -0.39 is 103 Å². The second-order valence-electron chi connectivity index (χ2n) is 10.3. The summed E-state index contributed by atoms with van der Waals surface area (Å²) in [5.74, 6) is -5.78. The molecular formula is C24H42N14O8. The number of aliphatic hydroxyl groups is 1. The number of carbonyl (C=O) groups is 7. The Hall–Kier alpha value is -5.06. The van der Waals surface area contributed by atoms with Gasteiger partial charge in [0, 0.05) is 25.8 Å². The molecule has 19 N–H and O–H groups in total. The van der Waals surface area contributed by atoms with Crippen LogP contribution in [0.15, 0.2) is 16.9 Å². The Kier molecular flexibility index (Phi) is 14.6. The lowest BCUT2D eigenvalue weighted by atomic mass is 10.0. The first-order chi connectivity index (χ1) is 21.8. The van der Waals surface area contributed by atoms with Crippen LogP contribution >= 0.6 is 0 Å². The van der Waals surface area contributed by atoms with Gasteiger partial charge in [-0.3, -0.25) is 33.8 Å². The van der Waals surface area contributed by atoms with Gasteiger partial charge in [-0.2, -0.15) is 0 Å². The molecule has 256 valence electrons. The lowest BCUT2D eigenvalue weighted by Gasteiger charge is -2.31. The van der Waals surface area contributed by atoms with Gasteiger partial charge in [-0.15, -0.1) is 0 Å². The summed E-state index contributed by atoms with van der Waals surface area (Å²) in [7, 11) is 0. The second kappa shape index (κ2) is 18.0. The summed E-state index contributed by atoms with van der Waals surface area (Å²) in [6.07, 6.45) is 1.61. The topological polar surface area (TPSA) is 378 Å². The van der Waals surface area contributed by atoms with Crippen LogP contribution in [0.5, 0.6) is 0 Å². The fraction of sp³-hybridized carbons (Fsp3) is 0.583. The molecule has 2 rings (SSSR count). The zero-order chi connectivity index (χ0) is 34.4. The Labute approximate surface area is 262 Å². The molecule has 22 nitrogen and oxygen atoms in total. The Bertz CT molecular complexity index is 1230. The maximum absolute atomic E-state index is 13.4. The van der Waals surface area contributed by atoms with Gasteiger partial charge in [-0.1, -0.05) is 0 Å². The number of nitrogens with one attached hydrogen (secondary N) is 8. The third-order valence-electron chi connectivity index (χ3n) is 6.71. The normalized spacial score (nSPS) is 26.6. The van der Waals surface area contributed by atoms with Crippen molar-refractivity contribution in [1.82, 2.24) is 42.5 Å². The molecule has 2 aliphatic heterocycles. The largest absolute Gasteiger partial charge is 0.394 e. The Balaban J connectivity index is 2.49. The highest BCUT2D eigenvalue weighted by atomic mass is 16.3. The Morgan fingerprint density at radius 2 is 1.72 bits per heavy atom. The molecule has 0 radical (unpaired) electrons. The van der Waals surface area contributed by atoms with E-state index in [1.54, 1.807) is 0 Å². The molecule has 2 heterocycles. The van der Waals surface area contributed by atoms with E-state index in [1.165, 1.54) is 0 Å². The van der Waals surface area contributed by atoms with Crippen molar-refractivity contribution in [3.8, 4) is 0 Å². The summed E-state index contributed by atoms with van der Waals surface area (Å²) < 4.78 is 0. The number of urea groups is 1. The minimum absolute atomic E-state index is 0.0144. The molecule has 0 bridgehead atoms. The number of nitrogens with two attached hydrogens (primary N) is 5. The smallest absolute Gasteiger partial charge is 0.316 e. The van der Waals surface area contributed by atoms with Crippen molar-refractivity contribution in [2.45, 2.75) is 55.5 Å². The van der Waals surface area contributed by atoms with Crippen molar-refractivity contribution in [2.75, 3.05) is 32.8 Å². The van der Waals surface area contributed by atoms with Crippen LogP contribution in [0.1, 0.15) is 19.3 Å². The van der Waals surface area contributed by atoms with Crippen molar-refractivity contribution >= 4 is 47.4 Å². The SMILES string of the molecule is NCCC[C@H](N)C(=O)NC[C@H]1NC(=O)[C@H](CO)NC(=O)[C@H](N)CNC(=O)[C@H]([C@@H]2CCN=C(N)N2)NC(=O)/C(=C/NC(N)=O)NC1=O. The molecule has 0 aromatic heterocycles. The van der Waals surface area contributed by atoms with Crippen LogP contribution in [0.2, 0.25) is 0 Å². The average Bonchev–Trinajstić information content (AvgIpc) is 3.02. The van der Waals surface area contributed by atoms with E-state index in [9.17, 15) is 38.7 Å². The summed E-state index contributed by atoms with van der Waals surface area (Å²) in [6, 6.07) is -9.04. The van der Waals surface area contributed by atoms with Crippen molar-refractivity contribution in [2.24, 2.45) is 33.7 Å². The number of rotatable bonds is 9. The second-order valence-corrected chi connectivity index (χ2v) is 10.3. The number of nitrogens with zero attached hydrogens (tertiary/aromatic N) is 1. The van der Waals surface area contributed by atoms with Crippen molar-refractivity contribution in [1.29, 1.82) is 0 Å². The zero-order valence-electron chi connectivity index (χ0n) is 24.8. The average molecular weight is 655 g/mol. The molecule has 1 fully saturated rings. The maximum Gasteiger partial charge on any atom is 0.316 e. The molecule has 1 saturated heterocycles. The van der Waals surface area contributed by atoms with E-state index in [2.05, 4.69) is 42.2 Å². The number of amides is 8. The first kappa shape index (κ1) is 37.1. The predicted molar refractivity (Wildman–Crippen MR) is 160 cm³/mol. The number of aliphatic hydroxyl groups excluding tert-OH is 1. The van der Waals surface area contributed by atoms with Crippen LogP contribution in [0.4, 0.5) is 4.79 Å². The molecule has 8 amide bonds. The maximum atomic E-state index is 13.4. The third kappa shape index (κ3) is 11.5. The number of carbonyl (C=O) groups excluding carboxylic acids is 7. The van der Waals surface area contributed by atoms with Gasteiger partial charge < -0.3 is 76.3 Å². The fourth-order valence-corrected chi connectivity index (χ4v) is 4.14. The quantitative estimate of drug-likeness (QED) is 0.103. The van der Waals surface area contributed by atoms with Gasteiger partial charge in [0.1, 0.15) is 29.9 Å². The fourth-order valence-electron chi connectivity index (χ4n) is 4.14. The summed E-state index contributed by atoms with van der Waals surface area (Å²) in [4.78, 5) is 93.7. The molecule has 22 heteroatoms. The van der Waals surface area contributed by atoms with E-state index in [0.717, 1.165) is 6.20 Å². The van der Waals surface area contributed by atoms with Crippen LogP contribution in [0.25, 0.3) is 0 Å². The Morgan fingerprint density at radius 3 is 2.35 bits per heavy atom. The van der Waals surface area contributed by atoms with E-state index in [0.29, 0.717) is 6.42 Å². The highest BCUT2D eigenvalue weighted by Gasteiger charge is 2.35. The standard InChI is InChI=1S/C24H42N14O8/c25-4-1-2-10(26)17(40)32-7-13-19(42)34-14(8-33-24(29)46)20(43)38-16(12-3-5-30-23(28)37-12)22(45)31-6-11(27)18(41)36-15(9-39)21(44)35-13/h8,10-13,15-16,39H,1-7,9,25-27H2,(H,31,45)(H,32,40)(H,34,42)(H,35,44)(H,36,41)(H,38,43)(H3,28,30,37)(H3,29,33,46)/b14-8-/t10-,11+,12-,13+,15-,16-/m0/s1. The monoisotopic (exact) mass is 654 g/mol. The van der Waals surface area contributed by atoms with Gasteiger partial charge >= 0.3 is 6.03 Å². The van der Waals surface area contributed by atoms with E-state index in [4.69, 9.17) is 28.7 Å². The van der Waals surface area contributed by atoms with Gasteiger partial charge in [-0.25, -0.2) is 4.79 Å². The Morgan fingerprint density at radius 1 is 1.02 bits per heavy atom. The van der Waals surface area contributed by atoms with E-state index in [-0.39, 0.29) is 31.9 Å². The van der Waals surface area contributed by atoms with Gasteiger partial charge in [-0.05, 0) is 25.8 Å². The lowest BCUT2D eigenvalue weighted by molar-refractivity contribution is -0.134. The summed E-state index contributed by atoms with van der Waals surface area (Å²) in [5.41, 5.74) is 27.4. The van der Waals surface area contributed by atoms with Crippen LogP contribution in [-0.2, 0) is 28.8 Å². The molecule has 0 spiro atoms. The van der Waals surface area contributed by atoms with Crippen LogP contribution in [0, 0.1) is 0 Å². The first-order valence-electron chi connectivity index (χ1n) is 14.2.